The van der Waals surface area contributed by atoms with Crippen molar-refractivity contribution < 1.29 is 4.79 Å². The van der Waals surface area contributed by atoms with Crippen LogP contribution in [0.15, 0.2) is 30.3 Å². The SMILES string of the molecule is CCC(=O)c1cc(N)c2ccccc2n1. The fraction of sp³-hybridized carbons (Fsp3) is 0.167. The van der Waals surface area contributed by atoms with Crippen LogP contribution < -0.4 is 5.73 Å². The Morgan fingerprint density at radius 2 is 2.13 bits per heavy atom. The maximum atomic E-state index is 11.5. The fourth-order valence-electron chi connectivity index (χ4n) is 1.53. The second-order valence-corrected chi connectivity index (χ2v) is 3.39. The van der Waals surface area contributed by atoms with Crippen LogP contribution in [0.1, 0.15) is 23.8 Å². The van der Waals surface area contributed by atoms with E-state index in [9.17, 15) is 4.79 Å². The summed E-state index contributed by atoms with van der Waals surface area (Å²) < 4.78 is 0. The number of pyridine rings is 1. The molecule has 0 bridgehead atoms. The molecule has 0 amide bonds. The third kappa shape index (κ3) is 1.68. The van der Waals surface area contributed by atoms with Gasteiger partial charge in [0.2, 0.25) is 0 Å². The molecule has 3 nitrogen and oxygen atoms in total. The molecular weight excluding hydrogens is 188 g/mol. The molecule has 0 spiro atoms. The van der Waals surface area contributed by atoms with E-state index in [0.717, 1.165) is 10.9 Å². The lowest BCUT2D eigenvalue weighted by molar-refractivity contribution is 0.0984. The Morgan fingerprint density at radius 3 is 2.87 bits per heavy atom. The minimum atomic E-state index is 0.0208. The number of nitrogens with zero attached hydrogens (tertiary/aromatic N) is 1. The number of nitrogens with two attached hydrogens (primary N) is 1. The molecule has 0 fully saturated rings. The molecule has 0 unspecified atom stereocenters. The number of para-hydroxylation sites is 1. The smallest absolute Gasteiger partial charge is 0.180 e. The van der Waals surface area contributed by atoms with Gasteiger partial charge in [0, 0.05) is 17.5 Å². The van der Waals surface area contributed by atoms with Crippen molar-refractivity contribution in [2.75, 3.05) is 5.73 Å². The van der Waals surface area contributed by atoms with E-state index in [1.54, 1.807) is 6.07 Å². The number of anilines is 1. The zero-order valence-electron chi connectivity index (χ0n) is 8.53. The average molecular weight is 200 g/mol. The predicted octanol–water partition coefficient (Wildman–Crippen LogP) is 2.41. The normalized spacial score (nSPS) is 10.5. The van der Waals surface area contributed by atoms with E-state index in [-0.39, 0.29) is 5.78 Å². The van der Waals surface area contributed by atoms with Crippen LogP contribution in [0.2, 0.25) is 0 Å². The highest BCUT2D eigenvalue weighted by molar-refractivity contribution is 6.00. The molecule has 3 heteroatoms. The molecule has 15 heavy (non-hydrogen) atoms. The summed E-state index contributed by atoms with van der Waals surface area (Å²) in [4.78, 5) is 15.8. The molecule has 2 N–H and O–H groups in total. The Labute approximate surface area is 87.9 Å². The third-order valence-electron chi connectivity index (χ3n) is 2.35. The highest BCUT2D eigenvalue weighted by atomic mass is 16.1. The van der Waals surface area contributed by atoms with E-state index in [4.69, 9.17) is 5.73 Å². The molecule has 0 saturated heterocycles. The number of aromatic nitrogens is 1. The van der Waals surface area contributed by atoms with Crippen LogP contribution in [-0.2, 0) is 0 Å². The van der Waals surface area contributed by atoms with Crippen molar-refractivity contribution >= 4 is 22.4 Å². The molecule has 1 aromatic heterocycles. The monoisotopic (exact) mass is 200 g/mol. The van der Waals surface area contributed by atoms with Crippen LogP contribution in [0.3, 0.4) is 0 Å². The molecule has 0 saturated carbocycles. The van der Waals surface area contributed by atoms with Crippen molar-refractivity contribution in [1.29, 1.82) is 0 Å². The van der Waals surface area contributed by atoms with E-state index in [2.05, 4.69) is 4.98 Å². The second-order valence-electron chi connectivity index (χ2n) is 3.39. The summed E-state index contributed by atoms with van der Waals surface area (Å²) >= 11 is 0. The first kappa shape index (κ1) is 9.65. The van der Waals surface area contributed by atoms with Gasteiger partial charge in [-0.25, -0.2) is 4.98 Å². The lowest BCUT2D eigenvalue weighted by Crippen LogP contribution is -2.02. The van der Waals surface area contributed by atoms with Crippen molar-refractivity contribution in [3.05, 3.63) is 36.0 Å². The highest BCUT2D eigenvalue weighted by Gasteiger charge is 2.08. The van der Waals surface area contributed by atoms with Crippen LogP contribution >= 0.6 is 0 Å². The number of hydrogen-bond acceptors (Lipinski definition) is 3. The largest absolute Gasteiger partial charge is 0.398 e. The summed E-state index contributed by atoms with van der Waals surface area (Å²) in [7, 11) is 0. The summed E-state index contributed by atoms with van der Waals surface area (Å²) in [6, 6.07) is 9.20. The van der Waals surface area contributed by atoms with E-state index >= 15 is 0 Å². The number of ketones is 1. The number of carbonyl (C=O) groups is 1. The standard InChI is InChI=1S/C12H12N2O/c1-2-12(15)11-7-9(13)8-5-3-4-6-10(8)14-11/h3-7H,2H2,1H3,(H2,13,14). The molecule has 2 rings (SSSR count). The molecule has 0 aliphatic carbocycles. The highest BCUT2D eigenvalue weighted by Crippen LogP contribution is 2.20. The lowest BCUT2D eigenvalue weighted by Gasteiger charge is -2.04. The van der Waals surface area contributed by atoms with Gasteiger partial charge in [-0.3, -0.25) is 4.79 Å². The zero-order chi connectivity index (χ0) is 10.8. The number of hydrogen-bond donors (Lipinski definition) is 1. The number of carbonyl (C=O) groups excluding carboxylic acids is 1. The van der Waals surface area contributed by atoms with Gasteiger partial charge in [-0.05, 0) is 12.1 Å². The molecule has 76 valence electrons. The number of benzene rings is 1. The molecule has 1 heterocycles. The first-order valence-electron chi connectivity index (χ1n) is 4.91. The maximum absolute atomic E-state index is 11.5. The van der Waals surface area contributed by atoms with Crippen LogP contribution in [0.4, 0.5) is 5.69 Å². The maximum Gasteiger partial charge on any atom is 0.180 e. The summed E-state index contributed by atoms with van der Waals surface area (Å²) in [6.07, 6.45) is 0.449. The van der Waals surface area contributed by atoms with E-state index < -0.39 is 0 Å². The summed E-state index contributed by atoms with van der Waals surface area (Å²) in [6.45, 7) is 1.81. The second kappa shape index (κ2) is 3.69. The number of rotatable bonds is 2. The summed E-state index contributed by atoms with van der Waals surface area (Å²) in [5, 5.41) is 0.894. The summed E-state index contributed by atoms with van der Waals surface area (Å²) in [5.41, 5.74) is 7.69. The van der Waals surface area contributed by atoms with Gasteiger partial charge in [0.15, 0.2) is 5.78 Å². The molecule has 0 atom stereocenters. The van der Waals surface area contributed by atoms with Crippen LogP contribution in [0.5, 0.6) is 0 Å². The van der Waals surface area contributed by atoms with Gasteiger partial charge >= 0.3 is 0 Å². The first-order chi connectivity index (χ1) is 7.22. The molecular formula is C12H12N2O. The fourth-order valence-corrected chi connectivity index (χ4v) is 1.53. The molecule has 0 radical (unpaired) electrons. The number of nitrogen functional groups attached to an aromatic ring is 1. The van der Waals surface area contributed by atoms with Gasteiger partial charge in [-0.2, -0.15) is 0 Å². The number of fused-ring (bicyclic) bond motifs is 1. The topological polar surface area (TPSA) is 56.0 Å². The minimum Gasteiger partial charge on any atom is -0.398 e. The molecule has 0 aliphatic heterocycles. The van der Waals surface area contributed by atoms with Gasteiger partial charge in [0.1, 0.15) is 5.69 Å². The Balaban J connectivity index is 2.67. The quantitative estimate of drug-likeness (QED) is 0.757. The molecule has 0 aliphatic rings. The van der Waals surface area contributed by atoms with Crippen molar-refractivity contribution in [1.82, 2.24) is 4.98 Å². The van der Waals surface area contributed by atoms with E-state index in [1.165, 1.54) is 0 Å². The van der Waals surface area contributed by atoms with Gasteiger partial charge < -0.3 is 5.73 Å². The van der Waals surface area contributed by atoms with Gasteiger partial charge in [0.25, 0.3) is 0 Å². The van der Waals surface area contributed by atoms with E-state index in [1.807, 2.05) is 31.2 Å². The van der Waals surface area contributed by atoms with E-state index in [0.29, 0.717) is 17.8 Å². The van der Waals surface area contributed by atoms with Crippen LogP contribution in [0.25, 0.3) is 10.9 Å². The number of Topliss-reactive ketones (excluding diaryl/α,β-unsaturated/α-hetero) is 1. The van der Waals surface area contributed by atoms with Crippen molar-refractivity contribution in [3.8, 4) is 0 Å². The molecule has 2 aromatic rings. The Morgan fingerprint density at radius 1 is 1.40 bits per heavy atom. The Bertz CT molecular complexity index is 520. The van der Waals surface area contributed by atoms with Crippen LogP contribution in [0, 0.1) is 0 Å². The van der Waals surface area contributed by atoms with Crippen molar-refractivity contribution in [2.24, 2.45) is 0 Å². The average Bonchev–Trinajstić information content (AvgIpc) is 2.28. The van der Waals surface area contributed by atoms with Crippen molar-refractivity contribution in [2.45, 2.75) is 13.3 Å². The van der Waals surface area contributed by atoms with Gasteiger partial charge in [0.05, 0.1) is 5.52 Å². The predicted molar refractivity (Wildman–Crippen MR) is 60.8 cm³/mol. The summed E-state index contributed by atoms with van der Waals surface area (Å²) in [5.74, 6) is 0.0208. The zero-order valence-corrected chi connectivity index (χ0v) is 8.53. The third-order valence-corrected chi connectivity index (χ3v) is 2.35. The van der Waals surface area contributed by atoms with Crippen molar-refractivity contribution in [3.63, 3.8) is 0 Å². The van der Waals surface area contributed by atoms with Crippen LogP contribution in [-0.4, -0.2) is 10.8 Å². The Hall–Kier alpha value is -1.90. The molecule has 1 aromatic carbocycles. The minimum absolute atomic E-state index is 0.0208. The Kier molecular flexibility index (Phi) is 2.37. The lowest BCUT2D eigenvalue weighted by atomic mass is 10.1. The first-order valence-corrected chi connectivity index (χ1v) is 4.91. The van der Waals surface area contributed by atoms with Gasteiger partial charge in [-0.15, -0.1) is 0 Å². The van der Waals surface area contributed by atoms with Gasteiger partial charge in [-0.1, -0.05) is 25.1 Å².